The summed E-state index contributed by atoms with van der Waals surface area (Å²) in [6, 6.07) is 0.318. The molecular formula is C15H26ClN3O. The van der Waals surface area contributed by atoms with E-state index in [1.807, 2.05) is 11.7 Å². The van der Waals surface area contributed by atoms with Crippen LogP contribution >= 0.6 is 11.6 Å². The van der Waals surface area contributed by atoms with Crippen molar-refractivity contribution in [1.29, 1.82) is 0 Å². The average molecular weight is 300 g/mol. The van der Waals surface area contributed by atoms with Crippen molar-refractivity contribution in [1.82, 2.24) is 15.1 Å². The first-order valence-electron chi connectivity index (χ1n) is 7.72. The second kappa shape index (κ2) is 7.43. The van der Waals surface area contributed by atoms with Gasteiger partial charge in [-0.25, -0.2) is 0 Å². The van der Waals surface area contributed by atoms with Crippen molar-refractivity contribution in [2.24, 2.45) is 7.05 Å². The highest BCUT2D eigenvalue weighted by Crippen LogP contribution is 2.25. The minimum Gasteiger partial charge on any atom is -0.377 e. The van der Waals surface area contributed by atoms with Crippen molar-refractivity contribution in [3.8, 4) is 0 Å². The van der Waals surface area contributed by atoms with Gasteiger partial charge in [0.2, 0.25) is 0 Å². The van der Waals surface area contributed by atoms with Gasteiger partial charge >= 0.3 is 0 Å². The molecule has 2 unspecified atom stereocenters. The molecule has 2 atom stereocenters. The standard InChI is InChI=1S/C15H26ClN3O/c1-4-11-15(16)13(19(3)18-11)10-12(17-5-2)14-8-6-7-9-20-14/h12,14,17H,4-10H2,1-3H3. The Bertz CT molecular complexity index is 427. The summed E-state index contributed by atoms with van der Waals surface area (Å²) in [5.74, 6) is 0. The zero-order chi connectivity index (χ0) is 14.5. The number of halogens is 1. The quantitative estimate of drug-likeness (QED) is 0.878. The van der Waals surface area contributed by atoms with Crippen LogP contribution in [-0.4, -0.2) is 35.1 Å². The number of nitrogens with one attached hydrogen (secondary N) is 1. The van der Waals surface area contributed by atoms with Crippen LogP contribution in [0.4, 0.5) is 0 Å². The Morgan fingerprint density at radius 3 is 2.80 bits per heavy atom. The second-order valence-electron chi connectivity index (χ2n) is 5.46. The fraction of sp³-hybridized carbons (Fsp3) is 0.800. The molecule has 0 radical (unpaired) electrons. The molecule has 0 aromatic carbocycles. The van der Waals surface area contributed by atoms with Crippen molar-refractivity contribution < 1.29 is 4.74 Å². The zero-order valence-electron chi connectivity index (χ0n) is 12.8. The lowest BCUT2D eigenvalue weighted by atomic mass is 9.98. The third-order valence-electron chi connectivity index (χ3n) is 4.05. The van der Waals surface area contributed by atoms with Crippen molar-refractivity contribution in [2.75, 3.05) is 13.2 Å². The van der Waals surface area contributed by atoms with E-state index in [1.54, 1.807) is 0 Å². The number of aryl methyl sites for hydroxylation is 2. The lowest BCUT2D eigenvalue weighted by Crippen LogP contribution is -2.44. The normalized spacial score (nSPS) is 21.1. The molecule has 0 spiro atoms. The van der Waals surface area contributed by atoms with Gasteiger partial charge in [-0.1, -0.05) is 25.4 Å². The average Bonchev–Trinajstić information content (AvgIpc) is 2.75. The van der Waals surface area contributed by atoms with Crippen LogP contribution in [0.1, 0.15) is 44.5 Å². The van der Waals surface area contributed by atoms with Crippen LogP contribution in [0.15, 0.2) is 0 Å². The van der Waals surface area contributed by atoms with Gasteiger partial charge in [-0.2, -0.15) is 5.10 Å². The van der Waals surface area contributed by atoms with Crippen molar-refractivity contribution in [3.63, 3.8) is 0 Å². The zero-order valence-corrected chi connectivity index (χ0v) is 13.5. The molecule has 5 heteroatoms. The number of hydrogen-bond acceptors (Lipinski definition) is 3. The molecule has 114 valence electrons. The van der Waals surface area contributed by atoms with E-state index in [1.165, 1.54) is 12.8 Å². The number of hydrogen-bond donors (Lipinski definition) is 1. The van der Waals surface area contributed by atoms with Gasteiger partial charge in [0.25, 0.3) is 0 Å². The van der Waals surface area contributed by atoms with Crippen molar-refractivity contribution in [3.05, 3.63) is 16.4 Å². The summed E-state index contributed by atoms with van der Waals surface area (Å²) >= 11 is 6.46. The fourth-order valence-electron chi connectivity index (χ4n) is 2.93. The maximum Gasteiger partial charge on any atom is 0.0850 e. The van der Waals surface area contributed by atoms with E-state index in [0.717, 1.165) is 48.8 Å². The molecule has 0 saturated carbocycles. The van der Waals surface area contributed by atoms with Crippen molar-refractivity contribution >= 4 is 11.6 Å². The van der Waals surface area contributed by atoms with E-state index in [2.05, 4.69) is 24.3 Å². The van der Waals surface area contributed by atoms with Gasteiger partial charge in [-0.15, -0.1) is 0 Å². The van der Waals surface area contributed by atoms with Crippen molar-refractivity contribution in [2.45, 2.75) is 58.1 Å². The van der Waals surface area contributed by atoms with Crippen LogP contribution < -0.4 is 5.32 Å². The summed E-state index contributed by atoms with van der Waals surface area (Å²) in [5, 5.41) is 8.89. The Hall–Kier alpha value is -0.580. The molecule has 1 aromatic heterocycles. The minimum atomic E-state index is 0.291. The minimum absolute atomic E-state index is 0.291. The van der Waals surface area contributed by atoms with Crippen LogP contribution in [0.2, 0.25) is 5.02 Å². The number of aromatic nitrogens is 2. The second-order valence-corrected chi connectivity index (χ2v) is 5.84. The van der Waals surface area contributed by atoms with Gasteiger partial charge < -0.3 is 10.1 Å². The number of ether oxygens (including phenoxy) is 1. The third-order valence-corrected chi connectivity index (χ3v) is 4.48. The maximum atomic E-state index is 6.46. The van der Waals surface area contributed by atoms with Gasteiger partial charge in [0.15, 0.2) is 0 Å². The van der Waals surface area contributed by atoms with E-state index in [4.69, 9.17) is 16.3 Å². The highest BCUT2D eigenvalue weighted by Gasteiger charge is 2.26. The van der Waals surface area contributed by atoms with Gasteiger partial charge in [-0.05, 0) is 32.2 Å². The first-order chi connectivity index (χ1) is 9.67. The summed E-state index contributed by atoms with van der Waals surface area (Å²) < 4.78 is 7.87. The molecule has 4 nitrogen and oxygen atoms in total. The molecule has 1 aliphatic rings. The lowest BCUT2D eigenvalue weighted by Gasteiger charge is -2.31. The molecule has 1 fully saturated rings. The molecule has 0 aliphatic carbocycles. The number of likely N-dealkylation sites (N-methyl/N-ethyl adjacent to an activating group) is 1. The highest BCUT2D eigenvalue weighted by molar-refractivity contribution is 6.31. The van der Waals surface area contributed by atoms with Crippen LogP contribution in [0.5, 0.6) is 0 Å². The van der Waals surface area contributed by atoms with Gasteiger partial charge in [0, 0.05) is 26.1 Å². The molecule has 2 rings (SSSR count). The van der Waals surface area contributed by atoms with Crippen LogP contribution in [-0.2, 0) is 24.6 Å². The molecule has 20 heavy (non-hydrogen) atoms. The van der Waals surface area contributed by atoms with E-state index >= 15 is 0 Å². The van der Waals surface area contributed by atoms with Crippen LogP contribution in [0.3, 0.4) is 0 Å². The summed E-state index contributed by atoms with van der Waals surface area (Å²) in [7, 11) is 1.98. The van der Waals surface area contributed by atoms with Crippen LogP contribution in [0, 0.1) is 0 Å². The molecular weight excluding hydrogens is 274 g/mol. The highest BCUT2D eigenvalue weighted by atomic mass is 35.5. The van der Waals surface area contributed by atoms with E-state index in [-0.39, 0.29) is 0 Å². The smallest absolute Gasteiger partial charge is 0.0850 e. The number of nitrogens with zero attached hydrogens (tertiary/aromatic N) is 2. The van der Waals surface area contributed by atoms with E-state index in [9.17, 15) is 0 Å². The molecule has 1 aromatic rings. The Kier molecular flexibility index (Phi) is 5.87. The van der Waals surface area contributed by atoms with E-state index < -0.39 is 0 Å². The molecule has 1 aliphatic heterocycles. The first kappa shape index (κ1) is 15.8. The Morgan fingerprint density at radius 2 is 2.25 bits per heavy atom. The topological polar surface area (TPSA) is 39.1 Å². The summed E-state index contributed by atoms with van der Waals surface area (Å²) in [5.41, 5.74) is 2.10. The maximum absolute atomic E-state index is 6.46. The molecule has 0 bridgehead atoms. The lowest BCUT2D eigenvalue weighted by molar-refractivity contribution is -0.00742. The summed E-state index contributed by atoms with van der Waals surface area (Å²) in [4.78, 5) is 0. The summed E-state index contributed by atoms with van der Waals surface area (Å²) in [6.07, 6.45) is 5.61. The summed E-state index contributed by atoms with van der Waals surface area (Å²) in [6.45, 7) is 6.05. The molecule has 0 amide bonds. The van der Waals surface area contributed by atoms with Gasteiger partial charge in [0.05, 0.1) is 22.5 Å². The van der Waals surface area contributed by atoms with Gasteiger partial charge in [0.1, 0.15) is 0 Å². The number of rotatable bonds is 6. The van der Waals surface area contributed by atoms with E-state index in [0.29, 0.717) is 12.1 Å². The Balaban J connectivity index is 2.12. The van der Waals surface area contributed by atoms with Gasteiger partial charge in [-0.3, -0.25) is 4.68 Å². The fourth-order valence-corrected chi connectivity index (χ4v) is 3.30. The SMILES string of the molecule is CCNC(Cc1c(Cl)c(CC)nn1C)C1CCCCO1. The first-order valence-corrected chi connectivity index (χ1v) is 8.10. The largest absolute Gasteiger partial charge is 0.377 e. The predicted molar refractivity (Wildman–Crippen MR) is 82.4 cm³/mol. The molecule has 1 saturated heterocycles. The molecule has 1 N–H and O–H groups in total. The van der Waals surface area contributed by atoms with Crippen LogP contribution in [0.25, 0.3) is 0 Å². The Labute approximate surface area is 126 Å². The monoisotopic (exact) mass is 299 g/mol. The predicted octanol–water partition coefficient (Wildman–Crippen LogP) is 2.73. The third kappa shape index (κ3) is 3.54. The molecule has 2 heterocycles. The Morgan fingerprint density at radius 1 is 1.45 bits per heavy atom.